The van der Waals surface area contributed by atoms with Crippen LogP contribution in [0.1, 0.15) is 60.4 Å². The number of rotatable bonds is 9. The van der Waals surface area contributed by atoms with Crippen molar-refractivity contribution in [3.63, 3.8) is 0 Å². The van der Waals surface area contributed by atoms with E-state index in [1.54, 1.807) is 63.3 Å². The lowest BCUT2D eigenvalue weighted by atomic mass is 9.98. The average Bonchev–Trinajstić information content (AvgIpc) is 3.33. The zero-order chi connectivity index (χ0) is 32.6. The highest BCUT2D eigenvalue weighted by Gasteiger charge is 2.45. The van der Waals surface area contributed by atoms with Crippen molar-refractivity contribution in [3.8, 4) is 11.5 Å². The molecule has 2 aliphatic heterocycles. The van der Waals surface area contributed by atoms with E-state index in [0.29, 0.717) is 23.3 Å². The monoisotopic (exact) mass is 626 g/mol. The number of fused-ring (bicyclic) bond motifs is 2. The molecule has 0 aromatic heterocycles. The minimum atomic E-state index is -1.10. The highest BCUT2D eigenvalue weighted by atomic mass is 16.8. The van der Waals surface area contributed by atoms with Crippen molar-refractivity contribution in [3.05, 3.63) is 77.4 Å². The van der Waals surface area contributed by atoms with Crippen molar-refractivity contribution in [1.29, 1.82) is 0 Å². The Bertz CT molecular complexity index is 1350. The van der Waals surface area contributed by atoms with Gasteiger partial charge in [-0.15, -0.1) is 0 Å². The summed E-state index contributed by atoms with van der Waals surface area (Å²) in [5, 5.41) is 19.0. The Morgan fingerprint density at radius 3 is 2.56 bits per heavy atom. The van der Waals surface area contributed by atoms with Crippen LogP contribution in [0, 0.1) is 5.92 Å². The first-order valence-electron chi connectivity index (χ1n) is 14.9. The van der Waals surface area contributed by atoms with Gasteiger partial charge >= 0.3 is 11.9 Å². The molecule has 11 heteroatoms. The standard InChI is InChI=1S/C34H42O11/c1-21-14-15-27(43-32(37)23-10-7-6-8-11-23)31-28(44-34(3,4)45-31)13-9-12-24-16-26(40-19-25(36)18-35)17-29(41-20-39-5)30(24)33(38)42-22(21)2/h6-12,14-17,21-22,25,27-28,31,35-36H,13,18-20H2,1-5H3/b12-9?,15-14-/t21-,22+,25?,27?,28+,31-/m1/s1. The first kappa shape index (κ1) is 34.1. The molecule has 4 rings (SSSR count). The van der Waals surface area contributed by atoms with Crippen molar-refractivity contribution < 1.29 is 53.0 Å². The SMILES string of the molecule is COCOc1cc(OCC(O)CO)cc2c1C(=O)O[C@@H](C)[C@H](C)/C=C\C(OC(=O)c1ccccc1)[C@H]1OC(C)(C)O[C@H]1CC=C2. The van der Waals surface area contributed by atoms with Gasteiger partial charge in [-0.05, 0) is 57.0 Å². The normalized spacial score (nSPS) is 26.0. The lowest BCUT2D eigenvalue weighted by Crippen LogP contribution is -2.37. The number of cyclic esters (lactones) is 1. The third-order valence-electron chi connectivity index (χ3n) is 7.40. The van der Waals surface area contributed by atoms with E-state index in [0.717, 1.165) is 0 Å². The molecule has 2 aliphatic rings. The molecule has 2 aromatic rings. The molecule has 45 heavy (non-hydrogen) atoms. The van der Waals surface area contributed by atoms with Gasteiger partial charge in [0.05, 0.1) is 18.3 Å². The second-order valence-corrected chi connectivity index (χ2v) is 11.5. The number of carbonyl (C=O) groups excluding carboxylic acids is 2. The number of esters is 2. The fourth-order valence-electron chi connectivity index (χ4n) is 4.94. The second-order valence-electron chi connectivity index (χ2n) is 11.5. The minimum Gasteiger partial charge on any atom is -0.491 e. The molecule has 2 aromatic carbocycles. The van der Waals surface area contributed by atoms with Gasteiger partial charge in [0.15, 0.2) is 12.6 Å². The van der Waals surface area contributed by atoms with Gasteiger partial charge in [0.2, 0.25) is 0 Å². The Morgan fingerprint density at radius 2 is 1.84 bits per heavy atom. The maximum atomic E-state index is 13.6. The maximum absolute atomic E-state index is 13.6. The molecular weight excluding hydrogens is 584 g/mol. The third kappa shape index (κ3) is 9.15. The quantitative estimate of drug-likeness (QED) is 0.234. The summed E-state index contributed by atoms with van der Waals surface area (Å²) in [6.45, 7) is 6.45. The van der Waals surface area contributed by atoms with Crippen LogP contribution in [0.4, 0.5) is 0 Å². The van der Waals surface area contributed by atoms with Crippen LogP contribution in [0.15, 0.2) is 60.7 Å². The van der Waals surface area contributed by atoms with Gasteiger partial charge in [-0.1, -0.05) is 43.4 Å². The Balaban J connectivity index is 1.74. The van der Waals surface area contributed by atoms with Gasteiger partial charge in [0.25, 0.3) is 0 Å². The number of hydrogen-bond donors (Lipinski definition) is 2. The number of hydrogen-bond acceptors (Lipinski definition) is 11. The van der Waals surface area contributed by atoms with E-state index >= 15 is 0 Å². The van der Waals surface area contributed by atoms with Crippen molar-refractivity contribution in [2.24, 2.45) is 5.92 Å². The summed E-state index contributed by atoms with van der Waals surface area (Å²) >= 11 is 0. The summed E-state index contributed by atoms with van der Waals surface area (Å²) in [4.78, 5) is 26.8. The number of methoxy groups -OCH3 is 1. The molecule has 1 saturated heterocycles. The molecule has 244 valence electrons. The second kappa shape index (κ2) is 15.5. The van der Waals surface area contributed by atoms with Crippen LogP contribution in [-0.4, -0.2) is 85.6 Å². The Labute approximate surface area is 263 Å². The molecule has 0 saturated carbocycles. The number of carbonyl (C=O) groups is 2. The molecule has 6 atom stereocenters. The molecular formula is C34H42O11. The van der Waals surface area contributed by atoms with Crippen molar-refractivity contribution in [2.45, 2.75) is 70.4 Å². The molecule has 2 heterocycles. The van der Waals surface area contributed by atoms with E-state index in [1.807, 2.05) is 25.1 Å². The van der Waals surface area contributed by atoms with E-state index in [4.69, 9.17) is 33.2 Å². The molecule has 2 N–H and O–H groups in total. The fourth-order valence-corrected chi connectivity index (χ4v) is 4.94. The molecule has 0 amide bonds. The summed E-state index contributed by atoms with van der Waals surface area (Å²) in [7, 11) is 1.46. The number of aliphatic hydroxyl groups excluding tert-OH is 2. The average molecular weight is 627 g/mol. The predicted octanol–water partition coefficient (Wildman–Crippen LogP) is 4.30. The lowest BCUT2D eigenvalue weighted by molar-refractivity contribution is -0.152. The van der Waals surface area contributed by atoms with Crippen LogP contribution >= 0.6 is 0 Å². The van der Waals surface area contributed by atoms with Crippen LogP contribution in [0.3, 0.4) is 0 Å². The van der Waals surface area contributed by atoms with Gasteiger partial charge in [-0.2, -0.15) is 0 Å². The topological polar surface area (TPSA) is 139 Å². The third-order valence-corrected chi connectivity index (χ3v) is 7.40. The van der Waals surface area contributed by atoms with E-state index in [2.05, 4.69) is 0 Å². The van der Waals surface area contributed by atoms with Crippen LogP contribution in [0.2, 0.25) is 0 Å². The predicted molar refractivity (Wildman–Crippen MR) is 164 cm³/mol. The summed E-state index contributed by atoms with van der Waals surface area (Å²) in [6, 6.07) is 11.8. The van der Waals surface area contributed by atoms with E-state index < -0.39 is 54.9 Å². The first-order chi connectivity index (χ1) is 21.5. The van der Waals surface area contributed by atoms with Gasteiger partial charge in [0.1, 0.15) is 48.1 Å². The first-order valence-corrected chi connectivity index (χ1v) is 14.9. The highest BCUT2D eigenvalue weighted by Crippen LogP contribution is 2.36. The van der Waals surface area contributed by atoms with E-state index in [-0.39, 0.29) is 30.6 Å². The zero-order valence-corrected chi connectivity index (χ0v) is 26.2. The summed E-state index contributed by atoms with van der Waals surface area (Å²) in [6.07, 6.45) is 3.84. The Kier molecular flexibility index (Phi) is 11.8. The molecule has 0 spiro atoms. The zero-order valence-electron chi connectivity index (χ0n) is 26.2. The number of aliphatic hydroxyl groups is 2. The van der Waals surface area contributed by atoms with E-state index in [9.17, 15) is 19.8 Å². The minimum absolute atomic E-state index is 0.145. The summed E-state index contributed by atoms with van der Waals surface area (Å²) in [5.74, 6) is -1.91. The van der Waals surface area contributed by atoms with Crippen LogP contribution in [-0.2, 0) is 23.7 Å². The van der Waals surface area contributed by atoms with Gasteiger partial charge in [-0.3, -0.25) is 0 Å². The smallest absolute Gasteiger partial charge is 0.342 e. The molecule has 2 unspecified atom stereocenters. The Hall–Kier alpha value is -3.74. The van der Waals surface area contributed by atoms with Gasteiger partial charge in [-0.25, -0.2) is 9.59 Å². The Morgan fingerprint density at radius 1 is 1.09 bits per heavy atom. The van der Waals surface area contributed by atoms with Crippen LogP contribution < -0.4 is 9.47 Å². The number of ether oxygens (including phenoxy) is 7. The summed E-state index contributed by atoms with van der Waals surface area (Å²) in [5.41, 5.74) is 0.993. The van der Waals surface area contributed by atoms with Crippen molar-refractivity contribution in [1.82, 2.24) is 0 Å². The molecule has 1 fully saturated rings. The summed E-state index contributed by atoms with van der Waals surface area (Å²) < 4.78 is 41.0. The van der Waals surface area contributed by atoms with Crippen molar-refractivity contribution >= 4 is 18.0 Å². The van der Waals surface area contributed by atoms with Gasteiger partial charge in [0, 0.05) is 19.1 Å². The molecule has 0 aliphatic carbocycles. The van der Waals surface area contributed by atoms with Gasteiger partial charge < -0.3 is 43.4 Å². The molecule has 0 radical (unpaired) electrons. The largest absolute Gasteiger partial charge is 0.491 e. The number of benzene rings is 2. The van der Waals surface area contributed by atoms with E-state index in [1.165, 1.54) is 13.2 Å². The molecule has 0 bridgehead atoms. The highest BCUT2D eigenvalue weighted by molar-refractivity contribution is 5.97. The molecule has 11 nitrogen and oxygen atoms in total. The van der Waals surface area contributed by atoms with Crippen molar-refractivity contribution in [2.75, 3.05) is 27.1 Å². The lowest BCUT2D eigenvalue weighted by Gasteiger charge is -2.26. The maximum Gasteiger partial charge on any atom is 0.342 e. The van der Waals surface area contributed by atoms with Crippen LogP contribution in [0.5, 0.6) is 11.5 Å². The fraction of sp³-hybridized carbons (Fsp3) is 0.471. The van der Waals surface area contributed by atoms with Crippen LogP contribution in [0.25, 0.3) is 6.08 Å².